The molecule has 1 saturated heterocycles. The van der Waals surface area contributed by atoms with E-state index in [1.54, 1.807) is 24.1 Å². The molecule has 0 atom stereocenters. The Balaban J connectivity index is 0.000000785. The van der Waals surface area contributed by atoms with E-state index in [4.69, 9.17) is 14.7 Å². The van der Waals surface area contributed by atoms with Crippen molar-refractivity contribution in [1.29, 1.82) is 0 Å². The van der Waals surface area contributed by atoms with Gasteiger partial charge in [0.1, 0.15) is 11.9 Å². The molecule has 0 aliphatic carbocycles. The van der Waals surface area contributed by atoms with Crippen LogP contribution < -0.4 is 10.2 Å². The molecule has 1 fully saturated rings. The second kappa shape index (κ2) is 12.8. The highest BCUT2D eigenvalue weighted by molar-refractivity contribution is 8.00. The van der Waals surface area contributed by atoms with E-state index in [-0.39, 0.29) is 29.2 Å². The SMILES string of the molecule is CCc1ccccc1SN1CCC(Oc2ccc(SC(F)(F)F)cc2)CC1.O=CNO. The maximum absolute atomic E-state index is 12.4. The maximum atomic E-state index is 12.4. The average molecular weight is 475 g/mol. The zero-order valence-electron chi connectivity index (χ0n) is 17.0. The number of nitrogens with one attached hydrogen (secondary N) is 1. The maximum Gasteiger partial charge on any atom is 0.446 e. The molecule has 3 rings (SSSR count). The van der Waals surface area contributed by atoms with Crippen LogP contribution in [0.25, 0.3) is 0 Å². The minimum atomic E-state index is -4.26. The molecular formula is C21H25F3N2O3S2. The summed E-state index contributed by atoms with van der Waals surface area (Å²) in [5.74, 6) is 0.629. The van der Waals surface area contributed by atoms with Gasteiger partial charge in [-0.2, -0.15) is 13.2 Å². The summed E-state index contributed by atoms with van der Waals surface area (Å²) >= 11 is 1.69. The van der Waals surface area contributed by atoms with E-state index in [9.17, 15) is 13.2 Å². The van der Waals surface area contributed by atoms with E-state index in [0.29, 0.717) is 5.75 Å². The number of ether oxygens (including phenoxy) is 1. The summed E-state index contributed by atoms with van der Waals surface area (Å²) in [6.45, 7) is 4.02. The molecule has 0 spiro atoms. The molecule has 170 valence electrons. The Bertz CT molecular complexity index is 799. The highest BCUT2D eigenvalue weighted by Crippen LogP contribution is 2.37. The first kappa shape index (κ1) is 25.4. The van der Waals surface area contributed by atoms with E-state index in [1.165, 1.54) is 28.1 Å². The summed E-state index contributed by atoms with van der Waals surface area (Å²) in [6.07, 6.45) is 3.11. The molecule has 1 heterocycles. The van der Waals surface area contributed by atoms with Crippen LogP contribution in [-0.2, 0) is 11.2 Å². The summed E-state index contributed by atoms with van der Waals surface area (Å²) in [5, 5.41) is 7.26. The molecule has 1 aliphatic rings. The van der Waals surface area contributed by atoms with Crippen molar-refractivity contribution in [2.75, 3.05) is 13.1 Å². The molecule has 31 heavy (non-hydrogen) atoms. The highest BCUT2D eigenvalue weighted by atomic mass is 32.2. The van der Waals surface area contributed by atoms with Crippen molar-refractivity contribution in [3.8, 4) is 5.75 Å². The predicted molar refractivity (Wildman–Crippen MR) is 116 cm³/mol. The van der Waals surface area contributed by atoms with Crippen LogP contribution in [0.2, 0.25) is 0 Å². The van der Waals surface area contributed by atoms with Crippen molar-refractivity contribution < 1.29 is 27.9 Å². The number of piperidine rings is 1. The molecule has 1 amide bonds. The van der Waals surface area contributed by atoms with Crippen molar-refractivity contribution in [2.24, 2.45) is 0 Å². The molecule has 2 aromatic carbocycles. The number of carbonyl (C=O) groups is 1. The van der Waals surface area contributed by atoms with Crippen LogP contribution in [0.15, 0.2) is 58.3 Å². The quantitative estimate of drug-likeness (QED) is 0.181. The van der Waals surface area contributed by atoms with Crippen LogP contribution >= 0.6 is 23.7 Å². The number of hydrogen-bond donors (Lipinski definition) is 2. The van der Waals surface area contributed by atoms with Crippen LogP contribution in [-0.4, -0.2) is 40.6 Å². The Morgan fingerprint density at radius 1 is 1.16 bits per heavy atom. The lowest BCUT2D eigenvalue weighted by Gasteiger charge is -2.31. The minimum Gasteiger partial charge on any atom is -0.490 e. The number of thioether (sulfide) groups is 1. The molecular weight excluding hydrogens is 449 g/mol. The smallest absolute Gasteiger partial charge is 0.446 e. The molecule has 0 radical (unpaired) electrons. The van der Waals surface area contributed by atoms with Gasteiger partial charge in [0.05, 0.1) is 0 Å². The number of carbonyl (C=O) groups excluding carboxylic acids is 1. The van der Waals surface area contributed by atoms with Gasteiger partial charge >= 0.3 is 5.51 Å². The zero-order valence-corrected chi connectivity index (χ0v) is 18.6. The first-order valence-electron chi connectivity index (χ1n) is 9.71. The van der Waals surface area contributed by atoms with Crippen LogP contribution in [0.5, 0.6) is 5.75 Å². The van der Waals surface area contributed by atoms with E-state index < -0.39 is 5.51 Å². The average Bonchev–Trinajstić information content (AvgIpc) is 2.76. The number of alkyl halides is 3. The van der Waals surface area contributed by atoms with Gasteiger partial charge in [0.15, 0.2) is 0 Å². The molecule has 5 nitrogen and oxygen atoms in total. The third kappa shape index (κ3) is 9.42. The number of halogens is 3. The third-order valence-corrected chi connectivity index (χ3v) is 6.35. The van der Waals surface area contributed by atoms with Crippen molar-refractivity contribution in [3.05, 3.63) is 54.1 Å². The number of nitrogens with zero attached hydrogens (tertiary/aromatic N) is 1. The number of benzene rings is 2. The number of hydroxylamine groups is 1. The summed E-state index contributed by atoms with van der Waals surface area (Å²) < 4.78 is 45.5. The van der Waals surface area contributed by atoms with Gasteiger partial charge in [0.2, 0.25) is 6.41 Å². The van der Waals surface area contributed by atoms with Crippen LogP contribution in [0.4, 0.5) is 13.2 Å². The van der Waals surface area contributed by atoms with Gasteiger partial charge in [0.25, 0.3) is 0 Å². The van der Waals surface area contributed by atoms with E-state index >= 15 is 0 Å². The monoisotopic (exact) mass is 474 g/mol. The lowest BCUT2D eigenvalue weighted by atomic mass is 10.1. The van der Waals surface area contributed by atoms with Crippen molar-refractivity contribution in [3.63, 3.8) is 0 Å². The van der Waals surface area contributed by atoms with E-state index in [2.05, 4.69) is 35.5 Å². The minimum absolute atomic E-state index is 0.101. The third-order valence-electron chi connectivity index (χ3n) is 4.39. The second-order valence-electron chi connectivity index (χ2n) is 6.56. The molecule has 0 saturated carbocycles. The number of rotatable bonds is 7. The fourth-order valence-electron chi connectivity index (χ4n) is 2.98. The van der Waals surface area contributed by atoms with Gasteiger partial charge in [-0.05, 0) is 78.9 Å². The lowest BCUT2D eigenvalue weighted by molar-refractivity contribution is -0.116. The largest absolute Gasteiger partial charge is 0.490 e. The second-order valence-corrected chi connectivity index (χ2v) is 8.84. The van der Waals surface area contributed by atoms with Gasteiger partial charge in [-0.25, -0.2) is 9.79 Å². The van der Waals surface area contributed by atoms with E-state index in [1.807, 2.05) is 0 Å². The predicted octanol–water partition coefficient (Wildman–Crippen LogP) is 5.53. The molecule has 0 aromatic heterocycles. The van der Waals surface area contributed by atoms with Crippen molar-refractivity contribution >= 4 is 30.1 Å². The van der Waals surface area contributed by atoms with Crippen LogP contribution in [0, 0.1) is 0 Å². The summed E-state index contributed by atoms with van der Waals surface area (Å²) in [6, 6.07) is 14.6. The van der Waals surface area contributed by atoms with Gasteiger partial charge in [-0.1, -0.05) is 25.1 Å². The Morgan fingerprint density at radius 2 is 1.77 bits per heavy atom. The van der Waals surface area contributed by atoms with Gasteiger partial charge < -0.3 is 4.74 Å². The summed E-state index contributed by atoms with van der Waals surface area (Å²) in [4.78, 5) is 10.3. The highest BCUT2D eigenvalue weighted by Gasteiger charge is 2.29. The lowest BCUT2D eigenvalue weighted by Crippen LogP contribution is -2.34. The Morgan fingerprint density at radius 3 is 2.32 bits per heavy atom. The standard InChI is InChI=1S/C20H22F3NOS2.CH3NO2/c1-2-15-5-3-4-6-19(15)27-24-13-11-17(12-14-24)25-16-7-9-18(10-8-16)26-20(21,22)23;3-1-2-4/h3-10,17H,2,11-14H2,1H3;1,4H,(H,2,3). The molecule has 0 bridgehead atoms. The normalized spacial score (nSPS) is 15.0. The molecule has 10 heteroatoms. The Hall–Kier alpha value is -1.88. The molecule has 2 N–H and O–H groups in total. The Kier molecular flexibility index (Phi) is 10.5. The van der Waals surface area contributed by atoms with Crippen molar-refractivity contribution in [2.45, 2.75) is 47.6 Å². The fourth-order valence-corrected chi connectivity index (χ4v) is 4.66. The number of amides is 1. The van der Waals surface area contributed by atoms with Crippen LogP contribution in [0.3, 0.4) is 0 Å². The summed E-state index contributed by atoms with van der Waals surface area (Å²) in [5.41, 5.74) is -1.65. The number of hydrogen-bond acceptors (Lipinski definition) is 6. The van der Waals surface area contributed by atoms with Gasteiger partial charge in [-0.15, -0.1) is 0 Å². The Labute approximate surface area is 188 Å². The number of aryl methyl sites for hydroxylation is 1. The van der Waals surface area contributed by atoms with Gasteiger partial charge in [0, 0.05) is 22.9 Å². The van der Waals surface area contributed by atoms with Gasteiger partial charge in [-0.3, -0.25) is 10.0 Å². The van der Waals surface area contributed by atoms with Crippen LogP contribution in [0.1, 0.15) is 25.3 Å². The van der Waals surface area contributed by atoms with Crippen molar-refractivity contribution in [1.82, 2.24) is 9.79 Å². The fraction of sp³-hybridized carbons (Fsp3) is 0.381. The molecule has 2 aromatic rings. The first-order chi connectivity index (χ1) is 14.8. The van der Waals surface area contributed by atoms with E-state index in [0.717, 1.165) is 32.4 Å². The molecule has 0 unspecified atom stereocenters. The molecule has 1 aliphatic heterocycles. The summed E-state index contributed by atoms with van der Waals surface area (Å²) in [7, 11) is 0. The zero-order chi connectivity index (χ0) is 22.7. The first-order valence-corrected chi connectivity index (χ1v) is 11.3. The topological polar surface area (TPSA) is 61.8 Å².